The van der Waals surface area contributed by atoms with E-state index in [-0.39, 0.29) is 0 Å². The van der Waals surface area contributed by atoms with Gasteiger partial charge in [0.2, 0.25) is 0 Å². The van der Waals surface area contributed by atoms with Crippen LogP contribution in [0.4, 0.5) is 0 Å². The lowest BCUT2D eigenvalue weighted by atomic mass is 10.0. The van der Waals surface area contributed by atoms with Crippen molar-refractivity contribution in [2.45, 2.75) is 32.7 Å². The molecule has 1 aromatic heterocycles. The third-order valence-electron chi connectivity index (χ3n) is 3.13. The number of hydrogen-bond donors (Lipinski definition) is 0. The van der Waals surface area contributed by atoms with Crippen LogP contribution in [0.2, 0.25) is 0 Å². The molecule has 0 unspecified atom stereocenters. The summed E-state index contributed by atoms with van der Waals surface area (Å²) in [6.07, 6.45) is 4.80. The fourth-order valence-corrected chi connectivity index (χ4v) is 2.45. The number of nitrogens with zero attached hydrogens (tertiary/aromatic N) is 4. The number of aromatic nitrogens is 3. The Morgan fingerprint density at radius 3 is 3.06 bits per heavy atom. The second-order valence-corrected chi connectivity index (χ2v) is 5.19. The number of rotatable bonds is 4. The number of aldehydes is 1. The summed E-state index contributed by atoms with van der Waals surface area (Å²) in [6.45, 7) is 7.79. The molecule has 17 heavy (non-hydrogen) atoms. The van der Waals surface area contributed by atoms with E-state index >= 15 is 0 Å². The quantitative estimate of drug-likeness (QED) is 0.741. The minimum Gasteiger partial charge on any atom is -0.301 e. The van der Waals surface area contributed by atoms with E-state index in [0.717, 1.165) is 25.8 Å². The van der Waals surface area contributed by atoms with E-state index in [2.05, 4.69) is 29.1 Å². The highest BCUT2D eigenvalue weighted by atomic mass is 16.1. The van der Waals surface area contributed by atoms with Crippen LogP contribution in [0, 0.1) is 5.92 Å². The Kier molecular flexibility index (Phi) is 3.89. The first kappa shape index (κ1) is 12.2. The van der Waals surface area contributed by atoms with Gasteiger partial charge in [0.25, 0.3) is 0 Å². The van der Waals surface area contributed by atoms with Gasteiger partial charge in [-0.2, -0.15) is 0 Å². The Morgan fingerprint density at radius 2 is 2.41 bits per heavy atom. The molecule has 94 valence electrons. The van der Waals surface area contributed by atoms with E-state index in [9.17, 15) is 4.79 Å². The molecule has 0 amide bonds. The molecular weight excluding hydrogens is 216 g/mol. The molecule has 0 bridgehead atoms. The third kappa shape index (κ3) is 3.12. The Morgan fingerprint density at radius 1 is 1.59 bits per heavy atom. The van der Waals surface area contributed by atoms with Gasteiger partial charge in [0.15, 0.2) is 6.29 Å². The molecule has 1 saturated heterocycles. The van der Waals surface area contributed by atoms with E-state index in [1.807, 2.05) is 4.68 Å². The summed E-state index contributed by atoms with van der Waals surface area (Å²) in [7, 11) is 0. The molecule has 0 spiro atoms. The van der Waals surface area contributed by atoms with Crippen LogP contribution in [0.1, 0.15) is 43.2 Å². The molecule has 0 N–H and O–H groups in total. The maximum atomic E-state index is 10.6. The van der Waals surface area contributed by atoms with Crippen LogP contribution in [-0.4, -0.2) is 45.8 Å². The molecule has 1 aliphatic rings. The molecule has 5 heteroatoms. The summed E-state index contributed by atoms with van der Waals surface area (Å²) in [4.78, 5) is 13.1. The first-order valence-corrected chi connectivity index (χ1v) is 6.28. The second-order valence-electron chi connectivity index (χ2n) is 5.19. The number of likely N-dealkylation sites (tertiary alicyclic amines) is 1. The zero-order chi connectivity index (χ0) is 12.3. The molecule has 0 saturated carbocycles. The summed E-state index contributed by atoms with van der Waals surface area (Å²) in [5.41, 5.74) is 0.422. The van der Waals surface area contributed by atoms with Gasteiger partial charge < -0.3 is 4.90 Å². The largest absolute Gasteiger partial charge is 0.301 e. The molecule has 2 rings (SSSR count). The lowest BCUT2D eigenvalue weighted by molar-refractivity contribution is 0.111. The molecule has 1 atom stereocenters. The van der Waals surface area contributed by atoms with Crippen LogP contribution < -0.4 is 0 Å². The fourth-order valence-electron chi connectivity index (χ4n) is 2.45. The molecule has 0 radical (unpaired) electrons. The zero-order valence-corrected chi connectivity index (χ0v) is 10.5. The predicted molar refractivity (Wildman–Crippen MR) is 65.0 cm³/mol. The molecule has 0 aromatic carbocycles. The molecule has 5 nitrogen and oxygen atoms in total. The van der Waals surface area contributed by atoms with Crippen molar-refractivity contribution in [2.24, 2.45) is 5.92 Å². The van der Waals surface area contributed by atoms with Crippen molar-refractivity contribution in [1.82, 2.24) is 19.9 Å². The maximum Gasteiger partial charge on any atom is 0.171 e. The van der Waals surface area contributed by atoms with E-state index in [1.54, 1.807) is 6.20 Å². The average Bonchev–Trinajstić information content (AvgIpc) is 2.77. The highest BCUT2D eigenvalue weighted by molar-refractivity contribution is 5.70. The van der Waals surface area contributed by atoms with Gasteiger partial charge in [0.05, 0.1) is 12.2 Å². The zero-order valence-electron chi connectivity index (χ0n) is 10.5. The van der Waals surface area contributed by atoms with Crippen molar-refractivity contribution >= 4 is 6.29 Å². The number of piperidine rings is 1. The van der Waals surface area contributed by atoms with Crippen molar-refractivity contribution in [3.63, 3.8) is 0 Å². The smallest absolute Gasteiger partial charge is 0.171 e. The van der Waals surface area contributed by atoms with Crippen LogP contribution >= 0.6 is 0 Å². The average molecular weight is 236 g/mol. The van der Waals surface area contributed by atoms with E-state index in [0.29, 0.717) is 17.7 Å². The van der Waals surface area contributed by atoms with Crippen LogP contribution in [0.5, 0.6) is 0 Å². The SMILES string of the molecule is CC(C)CN1CCC[C@@H](n2cc(C=O)nn2)C1. The predicted octanol–water partition coefficient (Wildman–Crippen LogP) is 1.38. The van der Waals surface area contributed by atoms with Gasteiger partial charge in [-0.1, -0.05) is 19.1 Å². The molecule has 0 aliphatic carbocycles. The fraction of sp³-hybridized carbons (Fsp3) is 0.750. The monoisotopic (exact) mass is 236 g/mol. The minimum absolute atomic E-state index is 0.365. The Balaban J connectivity index is 1.99. The van der Waals surface area contributed by atoms with E-state index in [1.165, 1.54) is 13.0 Å². The maximum absolute atomic E-state index is 10.6. The molecule has 1 fully saturated rings. The Labute approximate surface area is 102 Å². The lowest BCUT2D eigenvalue weighted by Gasteiger charge is -2.33. The standard InChI is InChI=1S/C12H20N4O/c1-10(2)6-15-5-3-4-12(8-15)16-7-11(9-17)13-14-16/h7,9-10,12H,3-6,8H2,1-2H3/t12-/m1/s1. The topological polar surface area (TPSA) is 51.0 Å². The number of carbonyl (C=O) groups is 1. The summed E-state index contributed by atoms with van der Waals surface area (Å²) >= 11 is 0. The van der Waals surface area contributed by atoms with Crippen molar-refractivity contribution in [3.05, 3.63) is 11.9 Å². The van der Waals surface area contributed by atoms with Crippen LogP contribution in [0.15, 0.2) is 6.20 Å². The molecule has 2 heterocycles. The summed E-state index contributed by atoms with van der Waals surface area (Å²) in [5.74, 6) is 0.690. The van der Waals surface area contributed by atoms with Gasteiger partial charge in [-0.3, -0.25) is 4.79 Å². The number of hydrogen-bond acceptors (Lipinski definition) is 4. The Bertz CT molecular complexity index is 374. The van der Waals surface area contributed by atoms with Gasteiger partial charge in [0, 0.05) is 13.1 Å². The van der Waals surface area contributed by atoms with E-state index in [4.69, 9.17) is 0 Å². The summed E-state index contributed by atoms with van der Waals surface area (Å²) in [5, 5.41) is 7.86. The normalized spacial score (nSPS) is 21.9. The second kappa shape index (κ2) is 5.40. The van der Waals surface area contributed by atoms with Gasteiger partial charge >= 0.3 is 0 Å². The van der Waals surface area contributed by atoms with Crippen molar-refractivity contribution < 1.29 is 4.79 Å². The molecule has 1 aromatic rings. The minimum atomic E-state index is 0.365. The van der Waals surface area contributed by atoms with Gasteiger partial charge in [-0.15, -0.1) is 5.10 Å². The van der Waals surface area contributed by atoms with Gasteiger partial charge in [-0.05, 0) is 25.3 Å². The summed E-state index contributed by atoms with van der Waals surface area (Å²) in [6, 6.07) is 0.365. The Hall–Kier alpha value is -1.23. The highest BCUT2D eigenvalue weighted by Crippen LogP contribution is 2.21. The highest BCUT2D eigenvalue weighted by Gasteiger charge is 2.22. The van der Waals surface area contributed by atoms with Crippen LogP contribution in [-0.2, 0) is 0 Å². The number of carbonyl (C=O) groups excluding carboxylic acids is 1. The third-order valence-corrected chi connectivity index (χ3v) is 3.13. The van der Waals surface area contributed by atoms with Gasteiger partial charge in [-0.25, -0.2) is 4.68 Å². The van der Waals surface area contributed by atoms with Crippen molar-refractivity contribution in [2.75, 3.05) is 19.6 Å². The summed E-state index contributed by atoms with van der Waals surface area (Å²) < 4.78 is 1.84. The van der Waals surface area contributed by atoms with E-state index < -0.39 is 0 Å². The van der Waals surface area contributed by atoms with Crippen LogP contribution in [0.3, 0.4) is 0 Å². The first-order valence-electron chi connectivity index (χ1n) is 6.28. The first-order chi connectivity index (χ1) is 8.19. The molecule has 1 aliphatic heterocycles. The molecular formula is C12H20N4O. The van der Waals surface area contributed by atoms with Gasteiger partial charge in [0.1, 0.15) is 5.69 Å². The lowest BCUT2D eigenvalue weighted by Crippen LogP contribution is -2.38. The van der Waals surface area contributed by atoms with Crippen molar-refractivity contribution in [3.8, 4) is 0 Å². The van der Waals surface area contributed by atoms with Crippen LogP contribution in [0.25, 0.3) is 0 Å². The van der Waals surface area contributed by atoms with Crippen molar-refractivity contribution in [1.29, 1.82) is 0 Å².